The van der Waals surface area contributed by atoms with Crippen LogP contribution in [0.2, 0.25) is 0 Å². The first kappa shape index (κ1) is 23.9. The molecule has 186 valence electrons. The molecule has 3 aromatic carbocycles. The summed E-state index contributed by atoms with van der Waals surface area (Å²) < 4.78 is 27.8. The van der Waals surface area contributed by atoms with Crippen molar-refractivity contribution in [3.8, 4) is 11.5 Å². The standard InChI is InChI=1S/C29H22BrFN2O3S/c1-35-23-14-16(13-22(30)27(23)36-2)15-24-28(34)33-26(18-7-10-19(31)11-8-18)21-12-9-17-5-3-4-6-20(17)25(21)32-29(33)37-24/h3-8,10-11,13-15,26H,9,12H2,1-2H3/b24-15+/t26-/m0/s1. The van der Waals surface area contributed by atoms with Crippen molar-refractivity contribution in [2.75, 3.05) is 14.2 Å². The number of aryl methyl sites for hydroxylation is 1. The Labute approximate surface area is 225 Å². The van der Waals surface area contributed by atoms with Crippen molar-refractivity contribution < 1.29 is 13.9 Å². The zero-order valence-corrected chi connectivity index (χ0v) is 22.5. The number of halogens is 2. The summed E-state index contributed by atoms with van der Waals surface area (Å²) in [5.41, 5.74) is 5.87. The quantitative estimate of drug-likeness (QED) is 0.334. The molecule has 2 heterocycles. The molecule has 6 rings (SSSR count). The lowest BCUT2D eigenvalue weighted by Gasteiger charge is -2.30. The second kappa shape index (κ2) is 9.43. The predicted molar refractivity (Wildman–Crippen MR) is 146 cm³/mol. The fourth-order valence-electron chi connectivity index (χ4n) is 5.14. The topological polar surface area (TPSA) is 52.8 Å². The van der Waals surface area contributed by atoms with E-state index >= 15 is 0 Å². The Morgan fingerprint density at radius 2 is 1.86 bits per heavy atom. The number of ether oxygens (including phenoxy) is 2. The van der Waals surface area contributed by atoms with E-state index in [2.05, 4.69) is 28.1 Å². The molecule has 0 fully saturated rings. The van der Waals surface area contributed by atoms with Crippen LogP contribution in [0, 0.1) is 5.82 Å². The van der Waals surface area contributed by atoms with Crippen LogP contribution in [0.15, 0.2) is 80.5 Å². The summed E-state index contributed by atoms with van der Waals surface area (Å²) in [4.78, 5) is 19.5. The van der Waals surface area contributed by atoms with E-state index in [-0.39, 0.29) is 17.4 Å². The maximum atomic E-state index is 13.9. The Balaban J connectivity index is 1.59. The Bertz CT molecular complexity index is 1760. The molecule has 0 radical (unpaired) electrons. The van der Waals surface area contributed by atoms with Crippen LogP contribution in [-0.4, -0.2) is 18.8 Å². The van der Waals surface area contributed by atoms with Gasteiger partial charge in [-0.1, -0.05) is 47.7 Å². The minimum Gasteiger partial charge on any atom is -0.493 e. The molecular weight excluding hydrogens is 555 g/mol. The normalized spacial score (nSPS) is 16.5. The summed E-state index contributed by atoms with van der Waals surface area (Å²) in [6.07, 6.45) is 3.49. The number of fused-ring (bicyclic) bond motifs is 3. The highest BCUT2D eigenvalue weighted by atomic mass is 79.9. The van der Waals surface area contributed by atoms with E-state index in [1.165, 1.54) is 29.0 Å². The fourth-order valence-corrected chi connectivity index (χ4v) is 6.76. The molecule has 5 nitrogen and oxygen atoms in total. The van der Waals surface area contributed by atoms with Crippen LogP contribution >= 0.6 is 27.3 Å². The van der Waals surface area contributed by atoms with Crippen molar-refractivity contribution >= 4 is 39.0 Å². The van der Waals surface area contributed by atoms with E-state index in [0.717, 1.165) is 45.3 Å². The number of methoxy groups -OCH3 is 2. The summed E-state index contributed by atoms with van der Waals surface area (Å²) in [5.74, 6) is 0.842. The van der Waals surface area contributed by atoms with Crippen molar-refractivity contribution in [1.29, 1.82) is 0 Å². The fraction of sp³-hybridized carbons (Fsp3) is 0.172. The van der Waals surface area contributed by atoms with Gasteiger partial charge in [0.1, 0.15) is 5.82 Å². The van der Waals surface area contributed by atoms with Gasteiger partial charge in [0.15, 0.2) is 16.3 Å². The first-order valence-corrected chi connectivity index (χ1v) is 13.4. The Kier molecular flexibility index (Phi) is 6.09. The van der Waals surface area contributed by atoms with Crippen LogP contribution in [0.5, 0.6) is 11.5 Å². The zero-order chi connectivity index (χ0) is 25.7. The van der Waals surface area contributed by atoms with Crippen molar-refractivity contribution in [2.45, 2.75) is 18.9 Å². The number of rotatable bonds is 4. The van der Waals surface area contributed by atoms with Gasteiger partial charge in [-0.3, -0.25) is 9.36 Å². The van der Waals surface area contributed by atoms with Crippen molar-refractivity contribution in [2.24, 2.45) is 4.99 Å². The molecule has 0 saturated carbocycles. The van der Waals surface area contributed by atoms with E-state index in [1.807, 2.05) is 30.3 Å². The largest absolute Gasteiger partial charge is 0.493 e. The van der Waals surface area contributed by atoms with Crippen LogP contribution in [0.3, 0.4) is 0 Å². The molecule has 1 aliphatic carbocycles. The van der Waals surface area contributed by atoms with Gasteiger partial charge in [-0.25, -0.2) is 9.38 Å². The van der Waals surface area contributed by atoms with Gasteiger partial charge in [0.05, 0.1) is 35.0 Å². The smallest absolute Gasteiger partial charge is 0.271 e. The van der Waals surface area contributed by atoms with Gasteiger partial charge >= 0.3 is 0 Å². The summed E-state index contributed by atoms with van der Waals surface area (Å²) in [6.45, 7) is 0. The lowest BCUT2D eigenvalue weighted by Crippen LogP contribution is -2.38. The van der Waals surface area contributed by atoms with Gasteiger partial charge in [0.25, 0.3) is 5.56 Å². The Morgan fingerprint density at radius 3 is 2.62 bits per heavy atom. The molecule has 8 heteroatoms. The number of thiazole rings is 1. The number of aromatic nitrogens is 1. The van der Waals surface area contributed by atoms with Crippen molar-refractivity contribution in [3.05, 3.63) is 118 Å². The third kappa shape index (κ3) is 4.04. The number of hydrogen-bond acceptors (Lipinski definition) is 5. The van der Waals surface area contributed by atoms with Crippen LogP contribution in [0.4, 0.5) is 4.39 Å². The van der Waals surface area contributed by atoms with Crippen molar-refractivity contribution in [3.63, 3.8) is 0 Å². The zero-order valence-electron chi connectivity index (χ0n) is 20.1. The molecule has 0 unspecified atom stereocenters. The third-order valence-corrected chi connectivity index (χ3v) is 8.38. The van der Waals surface area contributed by atoms with Crippen LogP contribution in [0.1, 0.15) is 34.7 Å². The number of hydrogen-bond donors (Lipinski definition) is 0. The molecule has 0 spiro atoms. The van der Waals surface area contributed by atoms with Gasteiger partial charge in [-0.15, -0.1) is 0 Å². The van der Waals surface area contributed by atoms with E-state index in [9.17, 15) is 9.18 Å². The maximum Gasteiger partial charge on any atom is 0.271 e. The predicted octanol–water partition coefficient (Wildman–Crippen LogP) is 5.24. The molecule has 37 heavy (non-hydrogen) atoms. The first-order chi connectivity index (χ1) is 18.0. The molecule has 0 saturated heterocycles. The van der Waals surface area contributed by atoms with E-state index in [4.69, 9.17) is 14.5 Å². The van der Waals surface area contributed by atoms with E-state index < -0.39 is 0 Å². The number of allylic oxidation sites excluding steroid dienone is 1. The molecule has 4 aromatic rings. The van der Waals surface area contributed by atoms with Crippen LogP contribution < -0.4 is 24.4 Å². The SMILES string of the molecule is COc1cc(/C=c2/sc3n(c2=O)[C@@H](c2ccc(F)cc2)C2=C(N=3)c3ccccc3CC2)cc(Br)c1OC. The minimum atomic E-state index is -0.348. The van der Waals surface area contributed by atoms with E-state index in [0.29, 0.717) is 20.8 Å². The van der Waals surface area contributed by atoms with Gasteiger partial charge in [0, 0.05) is 5.56 Å². The van der Waals surface area contributed by atoms with Gasteiger partial charge in [-0.2, -0.15) is 0 Å². The lowest BCUT2D eigenvalue weighted by molar-refractivity contribution is 0.353. The molecule has 1 aromatic heterocycles. The average Bonchev–Trinajstić information content (AvgIpc) is 3.21. The first-order valence-electron chi connectivity index (χ1n) is 11.8. The minimum absolute atomic E-state index is 0.130. The highest BCUT2D eigenvalue weighted by Crippen LogP contribution is 2.41. The van der Waals surface area contributed by atoms with Crippen LogP contribution in [0.25, 0.3) is 11.8 Å². The second-order valence-corrected chi connectivity index (χ2v) is 10.8. The highest BCUT2D eigenvalue weighted by Gasteiger charge is 2.32. The Hall–Kier alpha value is -3.49. The molecule has 2 aliphatic rings. The monoisotopic (exact) mass is 576 g/mol. The van der Waals surface area contributed by atoms with Gasteiger partial charge < -0.3 is 9.47 Å². The summed E-state index contributed by atoms with van der Waals surface area (Å²) in [6, 6.07) is 18.1. The molecule has 1 aliphatic heterocycles. The molecular formula is C29H22BrFN2O3S. The Morgan fingerprint density at radius 1 is 1.08 bits per heavy atom. The maximum absolute atomic E-state index is 13.9. The molecule has 0 N–H and O–H groups in total. The van der Waals surface area contributed by atoms with E-state index in [1.54, 1.807) is 30.9 Å². The number of nitrogens with zero attached hydrogens (tertiary/aromatic N) is 2. The molecule has 1 atom stereocenters. The second-order valence-electron chi connectivity index (χ2n) is 8.90. The molecule has 0 amide bonds. The molecule has 0 bridgehead atoms. The summed E-state index contributed by atoms with van der Waals surface area (Å²) in [7, 11) is 3.16. The van der Waals surface area contributed by atoms with Gasteiger partial charge in [-0.05, 0) is 81.4 Å². The highest BCUT2D eigenvalue weighted by molar-refractivity contribution is 9.10. The summed E-state index contributed by atoms with van der Waals surface area (Å²) >= 11 is 4.88. The number of benzene rings is 3. The van der Waals surface area contributed by atoms with Crippen LogP contribution in [-0.2, 0) is 6.42 Å². The third-order valence-electron chi connectivity index (χ3n) is 6.81. The summed E-state index contributed by atoms with van der Waals surface area (Å²) in [5, 5.41) is 0. The van der Waals surface area contributed by atoms with Gasteiger partial charge in [0.2, 0.25) is 0 Å². The lowest BCUT2D eigenvalue weighted by atomic mass is 9.83. The van der Waals surface area contributed by atoms with Crippen molar-refractivity contribution in [1.82, 2.24) is 4.57 Å². The average molecular weight is 577 g/mol.